The Bertz CT molecular complexity index is 1430. The van der Waals surface area contributed by atoms with Crippen LogP contribution in [0.25, 0.3) is 16.7 Å². The van der Waals surface area contributed by atoms with Crippen LogP contribution in [0.15, 0.2) is 48.5 Å². The maximum Gasteiger partial charge on any atom is 0.224 e. The highest BCUT2D eigenvalue weighted by Gasteiger charge is 2.21. The summed E-state index contributed by atoms with van der Waals surface area (Å²) in [7, 11) is 0. The number of rotatable bonds is 8. The third-order valence-electron chi connectivity index (χ3n) is 5.75. The van der Waals surface area contributed by atoms with E-state index in [-0.39, 0.29) is 24.1 Å². The van der Waals surface area contributed by atoms with Crippen molar-refractivity contribution in [1.82, 2.24) is 14.8 Å². The first kappa shape index (κ1) is 24.8. The minimum Gasteiger partial charge on any atom is -0.478 e. The number of nitrogens with zero attached hydrogens (tertiary/aromatic N) is 3. The molecule has 0 unspecified atom stereocenters. The van der Waals surface area contributed by atoms with E-state index in [0.29, 0.717) is 41.6 Å². The van der Waals surface area contributed by atoms with Crippen molar-refractivity contribution < 1.29 is 18.7 Å². The second-order valence-electron chi connectivity index (χ2n) is 8.44. The Balaban J connectivity index is 1.59. The number of carbonyl (C=O) groups is 2. The highest BCUT2D eigenvalue weighted by Crippen LogP contribution is 2.32. The summed E-state index contributed by atoms with van der Waals surface area (Å²) in [6.07, 6.45) is 0.642. The summed E-state index contributed by atoms with van der Waals surface area (Å²) in [5, 5.41) is 11.0. The molecule has 0 radical (unpaired) electrons. The monoisotopic (exact) mass is 489 g/mol. The standard InChI is InChI=1S/C27H28FN5O3/c1-5-36-27-23(13-14-24(35)30-21-11-9-20(10-12-21)29-18(4)34)16(2)25-17(3)32-33(26(25)31-27)22-8-6-7-19(28)15-22/h6-12,15H,5,13-14H2,1-4H3,(H,29,34)(H,30,35). The topological polar surface area (TPSA) is 98.1 Å². The number of halogens is 1. The smallest absolute Gasteiger partial charge is 0.224 e. The van der Waals surface area contributed by atoms with Crippen molar-refractivity contribution in [2.45, 2.75) is 40.5 Å². The number of fused-ring (bicyclic) bond motifs is 1. The van der Waals surface area contributed by atoms with Gasteiger partial charge in [0.05, 0.1) is 18.0 Å². The van der Waals surface area contributed by atoms with E-state index in [0.717, 1.165) is 22.2 Å². The zero-order valence-corrected chi connectivity index (χ0v) is 20.7. The first-order valence-corrected chi connectivity index (χ1v) is 11.7. The lowest BCUT2D eigenvalue weighted by Crippen LogP contribution is -2.14. The van der Waals surface area contributed by atoms with Crippen LogP contribution in [0.3, 0.4) is 0 Å². The molecule has 2 aromatic heterocycles. The maximum absolute atomic E-state index is 13.9. The van der Waals surface area contributed by atoms with Gasteiger partial charge in [0.1, 0.15) is 5.82 Å². The van der Waals surface area contributed by atoms with Crippen molar-refractivity contribution in [3.05, 3.63) is 71.2 Å². The molecule has 8 nitrogen and oxygen atoms in total. The van der Waals surface area contributed by atoms with Gasteiger partial charge in [0.25, 0.3) is 0 Å². The Morgan fingerprint density at radius 2 is 1.75 bits per heavy atom. The van der Waals surface area contributed by atoms with E-state index in [1.807, 2.05) is 20.8 Å². The van der Waals surface area contributed by atoms with Crippen molar-refractivity contribution in [2.75, 3.05) is 17.2 Å². The van der Waals surface area contributed by atoms with Crippen LogP contribution in [0.1, 0.15) is 37.1 Å². The molecular weight excluding hydrogens is 461 g/mol. The Morgan fingerprint density at radius 1 is 1.06 bits per heavy atom. The quantitative estimate of drug-likeness (QED) is 0.359. The minimum absolute atomic E-state index is 0.156. The normalized spacial score (nSPS) is 10.9. The van der Waals surface area contributed by atoms with Crippen molar-refractivity contribution in [3.8, 4) is 11.6 Å². The van der Waals surface area contributed by atoms with Gasteiger partial charge in [0, 0.05) is 35.7 Å². The van der Waals surface area contributed by atoms with E-state index >= 15 is 0 Å². The van der Waals surface area contributed by atoms with Crippen LogP contribution in [0.5, 0.6) is 5.88 Å². The SMILES string of the molecule is CCOc1nc2c(c(C)nn2-c2cccc(F)c2)c(C)c1CCC(=O)Nc1ccc(NC(C)=O)cc1. The predicted molar refractivity (Wildman–Crippen MR) is 137 cm³/mol. The van der Waals surface area contributed by atoms with Gasteiger partial charge in [0.15, 0.2) is 5.65 Å². The first-order chi connectivity index (χ1) is 17.3. The zero-order chi connectivity index (χ0) is 25.8. The molecule has 0 aliphatic carbocycles. The van der Waals surface area contributed by atoms with Crippen molar-refractivity contribution in [1.29, 1.82) is 0 Å². The molecule has 0 atom stereocenters. The van der Waals surface area contributed by atoms with Gasteiger partial charge in [-0.1, -0.05) is 6.07 Å². The van der Waals surface area contributed by atoms with Gasteiger partial charge < -0.3 is 15.4 Å². The molecule has 9 heteroatoms. The molecule has 0 fully saturated rings. The van der Waals surface area contributed by atoms with Gasteiger partial charge in [-0.2, -0.15) is 10.1 Å². The summed E-state index contributed by atoms with van der Waals surface area (Å²) >= 11 is 0. The summed E-state index contributed by atoms with van der Waals surface area (Å²) in [6.45, 7) is 7.57. The van der Waals surface area contributed by atoms with Crippen LogP contribution in [0, 0.1) is 19.7 Å². The molecule has 0 bridgehead atoms. The number of anilines is 2. The highest BCUT2D eigenvalue weighted by molar-refractivity contribution is 5.92. The zero-order valence-electron chi connectivity index (χ0n) is 20.7. The summed E-state index contributed by atoms with van der Waals surface area (Å²) in [6, 6.07) is 13.1. The molecule has 36 heavy (non-hydrogen) atoms. The van der Waals surface area contributed by atoms with Gasteiger partial charge in [-0.3, -0.25) is 9.59 Å². The Kier molecular flexibility index (Phi) is 7.28. The van der Waals surface area contributed by atoms with E-state index in [4.69, 9.17) is 9.72 Å². The van der Waals surface area contributed by atoms with Gasteiger partial charge >= 0.3 is 0 Å². The summed E-state index contributed by atoms with van der Waals surface area (Å²) in [4.78, 5) is 28.6. The second-order valence-corrected chi connectivity index (χ2v) is 8.44. The third kappa shape index (κ3) is 5.35. The molecule has 0 aliphatic rings. The van der Waals surface area contributed by atoms with E-state index in [9.17, 15) is 14.0 Å². The molecule has 0 saturated carbocycles. The first-order valence-electron chi connectivity index (χ1n) is 11.7. The number of aryl methyl sites for hydroxylation is 2. The fraction of sp³-hybridized carbons (Fsp3) is 0.259. The molecule has 186 valence electrons. The number of benzene rings is 2. The molecule has 2 aromatic carbocycles. The fourth-order valence-corrected chi connectivity index (χ4v) is 4.17. The largest absolute Gasteiger partial charge is 0.478 e. The van der Waals surface area contributed by atoms with Gasteiger partial charge in [0.2, 0.25) is 17.7 Å². The average Bonchev–Trinajstić information content (AvgIpc) is 3.16. The lowest BCUT2D eigenvalue weighted by molar-refractivity contribution is -0.116. The second kappa shape index (κ2) is 10.6. The Morgan fingerprint density at radius 3 is 2.39 bits per heavy atom. The van der Waals surface area contributed by atoms with E-state index in [1.165, 1.54) is 19.1 Å². The molecule has 2 heterocycles. The molecule has 2 N–H and O–H groups in total. The molecule has 0 saturated heterocycles. The van der Waals surface area contributed by atoms with Crippen molar-refractivity contribution >= 4 is 34.2 Å². The number of amides is 2. The lowest BCUT2D eigenvalue weighted by atomic mass is 10.0. The average molecular weight is 490 g/mol. The minimum atomic E-state index is -0.358. The molecule has 4 aromatic rings. The lowest BCUT2D eigenvalue weighted by Gasteiger charge is -2.14. The Hall–Kier alpha value is -4.27. The van der Waals surface area contributed by atoms with Crippen molar-refractivity contribution in [3.63, 3.8) is 0 Å². The summed E-state index contributed by atoms with van der Waals surface area (Å²) < 4.78 is 21.3. The number of hydrogen-bond acceptors (Lipinski definition) is 5. The van der Waals surface area contributed by atoms with Crippen LogP contribution in [0.4, 0.5) is 15.8 Å². The number of nitrogens with one attached hydrogen (secondary N) is 2. The van der Waals surface area contributed by atoms with Gasteiger partial charge in [-0.15, -0.1) is 0 Å². The summed E-state index contributed by atoms with van der Waals surface area (Å²) in [5.41, 5.74) is 4.96. The number of aromatic nitrogens is 3. The van der Waals surface area contributed by atoms with Crippen LogP contribution in [-0.4, -0.2) is 33.2 Å². The van der Waals surface area contributed by atoms with Crippen LogP contribution in [0.2, 0.25) is 0 Å². The maximum atomic E-state index is 13.9. The van der Waals surface area contributed by atoms with Crippen LogP contribution < -0.4 is 15.4 Å². The summed E-state index contributed by atoms with van der Waals surface area (Å²) in [5.74, 6) is -0.235. The van der Waals surface area contributed by atoms with E-state index in [1.54, 1.807) is 41.1 Å². The van der Waals surface area contributed by atoms with Crippen molar-refractivity contribution in [2.24, 2.45) is 0 Å². The molecule has 0 spiro atoms. The molecular formula is C27H28FN5O3. The predicted octanol–water partition coefficient (Wildman–Crippen LogP) is 5.10. The molecule has 4 rings (SSSR count). The van der Waals surface area contributed by atoms with E-state index < -0.39 is 0 Å². The van der Waals surface area contributed by atoms with Gasteiger partial charge in [-0.25, -0.2) is 9.07 Å². The number of hydrogen-bond donors (Lipinski definition) is 2. The van der Waals surface area contributed by atoms with Gasteiger partial charge in [-0.05, 0) is 75.2 Å². The Labute approximate surface area is 208 Å². The number of pyridine rings is 1. The number of carbonyl (C=O) groups excluding carboxylic acids is 2. The molecule has 0 aliphatic heterocycles. The highest BCUT2D eigenvalue weighted by atomic mass is 19.1. The van der Waals surface area contributed by atoms with Crippen LogP contribution >= 0.6 is 0 Å². The fourth-order valence-electron chi connectivity index (χ4n) is 4.17. The van der Waals surface area contributed by atoms with Crippen LogP contribution in [-0.2, 0) is 16.0 Å². The van der Waals surface area contributed by atoms with E-state index in [2.05, 4.69) is 15.7 Å². The molecule has 2 amide bonds. The number of ether oxygens (including phenoxy) is 1. The third-order valence-corrected chi connectivity index (χ3v) is 5.75.